The standard InChI is InChI=1S/C18H18N2O2S/c1-4-20-11(2)9-13-10-14(5-6-15(13)20)19-18(22)17-8-7-16(23-17)12(3)21/h5-10H,4H2,1-3H3,(H,19,22). The van der Waals surface area contributed by atoms with E-state index >= 15 is 0 Å². The Morgan fingerprint density at radius 1 is 1.13 bits per heavy atom. The lowest BCUT2D eigenvalue weighted by atomic mass is 10.2. The highest BCUT2D eigenvalue weighted by molar-refractivity contribution is 7.16. The second-order valence-electron chi connectivity index (χ2n) is 5.48. The number of rotatable bonds is 4. The van der Waals surface area contributed by atoms with Crippen molar-refractivity contribution in [2.75, 3.05) is 5.32 Å². The molecular formula is C18H18N2O2S. The number of carbonyl (C=O) groups excluding carboxylic acids is 2. The molecule has 2 aromatic heterocycles. The van der Waals surface area contributed by atoms with Crippen LogP contribution >= 0.6 is 11.3 Å². The zero-order valence-electron chi connectivity index (χ0n) is 13.3. The van der Waals surface area contributed by atoms with Crippen molar-refractivity contribution >= 4 is 39.6 Å². The average molecular weight is 326 g/mol. The molecule has 1 aromatic carbocycles. The molecule has 0 aliphatic heterocycles. The highest BCUT2D eigenvalue weighted by Gasteiger charge is 2.12. The second-order valence-corrected chi connectivity index (χ2v) is 6.56. The fourth-order valence-corrected chi connectivity index (χ4v) is 3.54. The van der Waals surface area contributed by atoms with Crippen LogP contribution in [0.25, 0.3) is 10.9 Å². The predicted octanol–water partition coefficient (Wildman–Crippen LogP) is 4.49. The first-order valence-corrected chi connectivity index (χ1v) is 8.33. The largest absolute Gasteiger partial charge is 0.345 e. The minimum Gasteiger partial charge on any atom is -0.345 e. The fourth-order valence-electron chi connectivity index (χ4n) is 2.75. The molecule has 3 aromatic rings. The van der Waals surface area contributed by atoms with E-state index in [1.165, 1.54) is 24.0 Å². The van der Waals surface area contributed by atoms with Crippen LogP contribution in [0.3, 0.4) is 0 Å². The van der Waals surface area contributed by atoms with E-state index in [0.29, 0.717) is 9.75 Å². The van der Waals surface area contributed by atoms with Crippen LogP contribution in [0.15, 0.2) is 36.4 Å². The smallest absolute Gasteiger partial charge is 0.265 e. The average Bonchev–Trinajstić information content (AvgIpc) is 3.10. The number of ketones is 1. The summed E-state index contributed by atoms with van der Waals surface area (Å²) in [5.41, 5.74) is 3.13. The maximum Gasteiger partial charge on any atom is 0.265 e. The number of fused-ring (bicyclic) bond motifs is 1. The third-order valence-electron chi connectivity index (χ3n) is 3.86. The van der Waals surface area contributed by atoms with Gasteiger partial charge in [-0.25, -0.2) is 0 Å². The molecule has 4 nitrogen and oxygen atoms in total. The molecule has 0 spiro atoms. The summed E-state index contributed by atoms with van der Waals surface area (Å²) in [6, 6.07) is 11.4. The SMILES string of the molecule is CCn1c(C)cc2cc(NC(=O)c3ccc(C(C)=O)s3)ccc21. The molecule has 0 saturated heterocycles. The van der Waals surface area contributed by atoms with Crippen LogP contribution < -0.4 is 5.32 Å². The van der Waals surface area contributed by atoms with Gasteiger partial charge in [0, 0.05) is 28.8 Å². The molecule has 5 heteroatoms. The van der Waals surface area contributed by atoms with E-state index in [-0.39, 0.29) is 11.7 Å². The summed E-state index contributed by atoms with van der Waals surface area (Å²) in [6.45, 7) is 6.62. The molecule has 1 amide bonds. The van der Waals surface area contributed by atoms with E-state index in [2.05, 4.69) is 29.8 Å². The lowest BCUT2D eigenvalue weighted by molar-refractivity contribution is 0.101. The van der Waals surface area contributed by atoms with Gasteiger partial charge in [0.25, 0.3) is 5.91 Å². The van der Waals surface area contributed by atoms with E-state index in [4.69, 9.17) is 0 Å². The second kappa shape index (κ2) is 6.01. The van der Waals surface area contributed by atoms with Crippen molar-refractivity contribution in [1.29, 1.82) is 0 Å². The van der Waals surface area contributed by atoms with Gasteiger partial charge in [0.15, 0.2) is 5.78 Å². The Morgan fingerprint density at radius 2 is 1.87 bits per heavy atom. The summed E-state index contributed by atoms with van der Waals surface area (Å²) in [4.78, 5) is 24.8. The number of thiophene rings is 1. The molecule has 0 bridgehead atoms. The molecule has 1 N–H and O–H groups in total. The number of aryl methyl sites for hydroxylation is 2. The predicted molar refractivity (Wildman–Crippen MR) is 94.6 cm³/mol. The van der Waals surface area contributed by atoms with Gasteiger partial charge in [-0.1, -0.05) is 0 Å². The minimum absolute atomic E-state index is 0.0214. The summed E-state index contributed by atoms with van der Waals surface area (Å²) in [5.74, 6) is -0.208. The van der Waals surface area contributed by atoms with Gasteiger partial charge in [0.05, 0.1) is 9.75 Å². The molecule has 0 aliphatic rings. The molecule has 2 heterocycles. The van der Waals surface area contributed by atoms with E-state index in [1.54, 1.807) is 12.1 Å². The maximum atomic E-state index is 12.3. The Balaban J connectivity index is 1.85. The van der Waals surface area contributed by atoms with Crippen molar-refractivity contribution in [2.45, 2.75) is 27.3 Å². The summed E-state index contributed by atoms with van der Waals surface area (Å²) in [5, 5.41) is 4.01. The Hall–Kier alpha value is -2.40. The molecule has 3 rings (SSSR count). The monoisotopic (exact) mass is 326 g/mol. The normalized spacial score (nSPS) is 10.9. The topological polar surface area (TPSA) is 51.1 Å². The van der Waals surface area contributed by atoms with Gasteiger partial charge in [-0.05, 0) is 57.2 Å². The van der Waals surface area contributed by atoms with Gasteiger partial charge in [-0.2, -0.15) is 0 Å². The first-order chi connectivity index (χ1) is 11.0. The Labute approximate surface area is 138 Å². The van der Waals surface area contributed by atoms with Crippen LogP contribution in [0.4, 0.5) is 5.69 Å². The summed E-state index contributed by atoms with van der Waals surface area (Å²) < 4.78 is 2.24. The minimum atomic E-state index is -0.187. The lowest BCUT2D eigenvalue weighted by Crippen LogP contribution is -2.09. The van der Waals surface area contributed by atoms with Crippen LogP contribution in [-0.4, -0.2) is 16.3 Å². The summed E-state index contributed by atoms with van der Waals surface area (Å²) in [7, 11) is 0. The van der Waals surface area contributed by atoms with Crippen LogP contribution in [-0.2, 0) is 6.54 Å². The van der Waals surface area contributed by atoms with E-state index in [9.17, 15) is 9.59 Å². The van der Waals surface area contributed by atoms with Crippen LogP contribution in [0.2, 0.25) is 0 Å². The molecule has 0 saturated carbocycles. The molecule has 0 atom stereocenters. The van der Waals surface area contributed by atoms with Gasteiger partial charge in [0.2, 0.25) is 0 Å². The molecule has 118 valence electrons. The number of carbonyl (C=O) groups is 2. The molecule has 0 radical (unpaired) electrons. The van der Waals surface area contributed by atoms with Crippen molar-refractivity contribution in [1.82, 2.24) is 4.57 Å². The lowest BCUT2D eigenvalue weighted by Gasteiger charge is -2.06. The molecule has 23 heavy (non-hydrogen) atoms. The highest BCUT2D eigenvalue weighted by Crippen LogP contribution is 2.24. The third kappa shape index (κ3) is 2.92. The highest BCUT2D eigenvalue weighted by atomic mass is 32.1. The van der Waals surface area contributed by atoms with Crippen molar-refractivity contribution in [3.63, 3.8) is 0 Å². The van der Waals surface area contributed by atoms with Crippen LogP contribution in [0.1, 0.15) is 38.9 Å². The molecule has 0 unspecified atom stereocenters. The number of benzene rings is 1. The number of nitrogens with zero attached hydrogens (tertiary/aromatic N) is 1. The number of amides is 1. The van der Waals surface area contributed by atoms with E-state index in [1.807, 2.05) is 18.2 Å². The Kier molecular flexibility index (Phi) is 4.05. The van der Waals surface area contributed by atoms with Gasteiger partial charge >= 0.3 is 0 Å². The van der Waals surface area contributed by atoms with Gasteiger partial charge < -0.3 is 9.88 Å². The van der Waals surface area contributed by atoms with Crippen molar-refractivity contribution < 1.29 is 9.59 Å². The van der Waals surface area contributed by atoms with Crippen molar-refractivity contribution in [3.8, 4) is 0 Å². The molecule has 0 aliphatic carbocycles. The number of nitrogens with one attached hydrogen (secondary N) is 1. The van der Waals surface area contributed by atoms with Gasteiger partial charge in [-0.3, -0.25) is 9.59 Å². The fraction of sp³-hybridized carbons (Fsp3) is 0.222. The number of hydrogen-bond acceptors (Lipinski definition) is 3. The van der Waals surface area contributed by atoms with E-state index in [0.717, 1.165) is 23.1 Å². The summed E-state index contributed by atoms with van der Waals surface area (Å²) >= 11 is 1.22. The number of anilines is 1. The first kappa shape index (κ1) is 15.5. The zero-order chi connectivity index (χ0) is 16.6. The maximum absolute atomic E-state index is 12.3. The summed E-state index contributed by atoms with van der Waals surface area (Å²) in [6.07, 6.45) is 0. The number of hydrogen-bond donors (Lipinski definition) is 1. The molecular weight excluding hydrogens is 308 g/mol. The molecule has 0 fully saturated rings. The number of Topliss-reactive ketones (excluding diaryl/α,β-unsaturated/α-hetero) is 1. The van der Waals surface area contributed by atoms with Crippen LogP contribution in [0.5, 0.6) is 0 Å². The first-order valence-electron chi connectivity index (χ1n) is 7.51. The van der Waals surface area contributed by atoms with Gasteiger partial charge in [0.1, 0.15) is 0 Å². The number of aromatic nitrogens is 1. The Morgan fingerprint density at radius 3 is 2.52 bits per heavy atom. The van der Waals surface area contributed by atoms with Crippen LogP contribution in [0, 0.1) is 6.92 Å². The quantitative estimate of drug-likeness (QED) is 0.718. The van der Waals surface area contributed by atoms with Crippen molar-refractivity contribution in [2.24, 2.45) is 0 Å². The zero-order valence-corrected chi connectivity index (χ0v) is 14.2. The van der Waals surface area contributed by atoms with Gasteiger partial charge in [-0.15, -0.1) is 11.3 Å². The third-order valence-corrected chi connectivity index (χ3v) is 5.04. The Bertz CT molecular complexity index is 905. The van der Waals surface area contributed by atoms with Crippen molar-refractivity contribution in [3.05, 3.63) is 51.8 Å². The van der Waals surface area contributed by atoms with E-state index < -0.39 is 0 Å².